The van der Waals surface area contributed by atoms with Gasteiger partial charge in [-0.2, -0.15) is 0 Å². The van der Waals surface area contributed by atoms with Gasteiger partial charge in [0, 0.05) is 0 Å². The summed E-state index contributed by atoms with van der Waals surface area (Å²) >= 11 is 13.1. The van der Waals surface area contributed by atoms with Crippen molar-refractivity contribution in [3.8, 4) is 11.5 Å². The maximum atomic E-state index is 11.8. The monoisotopic (exact) mass is 344 g/mol. The van der Waals surface area contributed by atoms with E-state index < -0.39 is 5.97 Å². The standard InChI is InChI=1S/C14H10Cl2O4S/c15-9-5-8(6-10-13(9)19-4-3-18-10)7-20-14(17)11-1-2-12(16)21-11/h1-2,5-6H,3-4,7H2. The van der Waals surface area contributed by atoms with Gasteiger partial charge in [0.05, 0.1) is 9.36 Å². The Morgan fingerprint density at radius 2 is 2.05 bits per heavy atom. The molecule has 2 aromatic rings. The first-order chi connectivity index (χ1) is 10.1. The van der Waals surface area contributed by atoms with Gasteiger partial charge < -0.3 is 14.2 Å². The van der Waals surface area contributed by atoms with Crippen molar-refractivity contribution in [2.24, 2.45) is 0 Å². The van der Waals surface area contributed by atoms with Crippen molar-refractivity contribution >= 4 is 40.5 Å². The molecule has 21 heavy (non-hydrogen) atoms. The fraction of sp³-hybridized carbons (Fsp3) is 0.214. The number of thiophene rings is 1. The fourth-order valence-corrected chi connectivity index (χ4v) is 3.12. The second kappa shape index (κ2) is 6.13. The zero-order chi connectivity index (χ0) is 14.8. The molecule has 0 radical (unpaired) electrons. The first kappa shape index (κ1) is 14.5. The van der Waals surface area contributed by atoms with E-state index in [1.165, 1.54) is 11.3 Å². The number of hydrogen-bond acceptors (Lipinski definition) is 5. The highest BCUT2D eigenvalue weighted by atomic mass is 35.5. The van der Waals surface area contributed by atoms with Gasteiger partial charge in [0.2, 0.25) is 0 Å². The molecule has 4 nitrogen and oxygen atoms in total. The van der Waals surface area contributed by atoms with Crippen molar-refractivity contribution in [3.63, 3.8) is 0 Å². The van der Waals surface area contributed by atoms with Crippen LogP contribution in [0, 0.1) is 0 Å². The van der Waals surface area contributed by atoms with E-state index in [4.69, 9.17) is 37.4 Å². The van der Waals surface area contributed by atoms with Crippen LogP contribution in [0.2, 0.25) is 9.36 Å². The van der Waals surface area contributed by atoms with Crippen LogP contribution >= 0.6 is 34.5 Å². The molecule has 0 fully saturated rings. The Hall–Kier alpha value is -1.43. The molecule has 0 aliphatic carbocycles. The van der Waals surface area contributed by atoms with Gasteiger partial charge in [0.25, 0.3) is 0 Å². The van der Waals surface area contributed by atoms with Crippen LogP contribution in [0.1, 0.15) is 15.2 Å². The topological polar surface area (TPSA) is 44.8 Å². The minimum Gasteiger partial charge on any atom is -0.486 e. The molecule has 7 heteroatoms. The summed E-state index contributed by atoms with van der Waals surface area (Å²) in [5, 5.41) is 0.442. The van der Waals surface area contributed by atoms with E-state index in [1.54, 1.807) is 24.3 Å². The first-order valence-corrected chi connectivity index (χ1v) is 7.71. The maximum Gasteiger partial charge on any atom is 0.348 e. The van der Waals surface area contributed by atoms with Gasteiger partial charge in [0.15, 0.2) is 11.5 Å². The number of esters is 1. The fourth-order valence-electron chi connectivity index (χ4n) is 1.89. The summed E-state index contributed by atoms with van der Waals surface area (Å²) in [6.07, 6.45) is 0. The van der Waals surface area contributed by atoms with Crippen LogP contribution in [-0.4, -0.2) is 19.2 Å². The lowest BCUT2D eigenvalue weighted by Gasteiger charge is -2.20. The van der Waals surface area contributed by atoms with Crippen molar-refractivity contribution < 1.29 is 19.0 Å². The van der Waals surface area contributed by atoms with Crippen molar-refractivity contribution in [3.05, 3.63) is 44.1 Å². The summed E-state index contributed by atoms with van der Waals surface area (Å²) in [4.78, 5) is 12.3. The van der Waals surface area contributed by atoms with Crippen LogP contribution in [0.4, 0.5) is 0 Å². The second-order valence-corrected chi connectivity index (χ2v) is 6.40. The largest absolute Gasteiger partial charge is 0.486 e. The second-order valence-electron chi connectivity index (χ2n) is 4.28. The molecule has 1 aromatic heterocycles. The van der Waals surface area contributed by atoms with Gasteiger partial charge in [0.1, 0.15) is 24.7 Å². The van der Waals surface area contributed by atoms with Crippen LogP contribution < -0.4 is 9.47 Å². The van der Waals surface area contributed by atoms with Gasteiger partial charge in [-0.3, -0.25) is 0 Å². The third-order valence-electron chi connectivity index (χ3n) is 2.80. The van der Waals surface area contributed by atoms with E-state index in [0.717, 1.165) is 5.56 Å². The number of rotatable bonds is 3. The smallest absolute Gasteiger partial charge is 0.348 e. The molecule has 110 valence electrons. The molecule has 1 aliphatic rings. The Bertz CT molecular complexity index is 684. The number of hydrogen-bond donors (Lipinski definition) is 0. The molecule has 0 unspecified atom stereocenters. The summed E-state index contributed by atoms with van der Waals surface area (Å²) in [6, 6.07) is 6.74. The van der Waals surface area contributed by atoms with Crippen molar-refractivity contribution in [2.75, 3.05) is 13.2 Å². The van der Waals surface area contributed by atoms with Crippen molar-refractivity contribution in [1.82, 2.24) is 0 Å². The Labute approximate surface area is 135 Å². The Morgan fingerprint density at radius 1 is 1.24 bits per heavy atom. The van der Waals surface area contributed by atoms with Gasteiger partial charge in [-0.15, -0.1) is 11.3 Å². The summed E-state index contributed by atoms with van der Waals surface area (Å²) in [6.45, 7) is 1.05. The minimum absolute atomic E-state index is 0.102. The molecule has 1 aliphatic heterocycles. The summed E-state index contributed by atoms with van der Waals surface area (Å²) in [7, 11) is 0. The molecule has 2 heterocycles. The van der Waals surface area contributed by atoms with Gasteiger partial charge in [-0.25, -0.2) is 4.79 Å². The van der Waals surface area contributed by atoms with Crippen LogP contribution in [0.15, 0.2) is 24.3 Å². The highest BCUT2D eigenvalue weighted by Gasteiger charge is 2.17. The molecule has 0 saturated heterocycles. The molecule has 3 rings (SSSR count). The number of benzene rings is 1. The van der Waals surface area contributed by atoms with Crippen molar-refractivity contribution in [1.29, 1.82) is 0 Å². The summed E-state index contributed by atoms with van der Waals surface area (Å²) in [5.74, 6) is 0.680. The van der Waals surface area contributed by atoms with E-state index in [-0.39, 0.29) is 6.61 Å². The highest BCUT2D eigenvalue weighted by molar-refractivity contribution is 7.17. The lowest BCUT2D eigenvalue weighted by atomic mass is 10.2. The zero-order valence-corrected chi connectivity index (χ0v) is 13.1. The average molecular weight is 345 g/mol. The Morgan fingerprint density at radius 3 is 2.81 bits per heavy atom. The van der Waals surface area contributed by atoms with E-state index in [1.807, 2.05) is 0 Å². The Kier molecular flexibility index (Phi) is 4.24. The molecule has 0 amide bonds. The number of fused-ring (bicyclic) bond motifs is 1. The molecular weight excluding hydrogens is 335 g/mol. The predicted octanol–water partition coefficient (Wildman–Crippen LogP) is 4.18. The minimum atomic E-state index is -0.419. The number of halogens is 2. The molecule has 0 saturated carbocycles. The van der Waals surface area contributed by atoms with Gasteiger partial charge in [-0.1, -0.05) is 23.2 Å². The van der Waals surface area contributed by atoms with E-state index >= 15 is 0 Å². The van der Waals surface area contributed by atoms with E-state index in [0.29, 0.717) is 38.9 Å². The van der Waals surface area contributed by atoms with Crippen LogP contribution in [0.5, 0.6) is 11.5 Å². The SMILES string of the molecule is O=C(OCc1cc(Cl)c2c(c1)OCCO2)c1ccc(Cl)s1. The number of carbonyl (C=O) groups excluding carboxylic acids is 1. The molecule has 0 bridgehead atoms. The van der Waals surface area contributed by atoms with Crippen LogP contribution in [-0.2, 0) is 11.3 Å². The predicted molar refractivity (Wildman–Crippen MR) is 80.9 cm³/mol. The number of carbonyl (C=O) groups is 1. The Balaban J connectivity index is 1.71. The average Bonchev–Trinajstić information content (AvgIpc) is 2.91. The van der Waals surface area contributed by atoms with Gasteiger partial charge in [-0.05, 0) is 29.8 Å². The van der Waals surface area contributed by atoms with Crippen molar-refractivity contribution in [2.45, 2.75) is 6.61 Å². The number of ether oxygens (including phenoxy) is 3. The highest BCUT2D eigenvalue weighted by Crippen LogP contribution is 2.38. The molecule has 1 aromatic carbocycles. The third-order valence-corrected chi connectivity index (χ3v) is 4.29. The van der Waals surface area contributed by atoms with Crippen LogP contribution in [0.25, 0.3) is 0 Å². The molecule has 0 spiro atoms. The summed E-state index contributed by atoms with van der Waals surface area (Å²) in [5.41, 5.74) is 0.736. The quantitative estimate of drug-likeness (QED) is 0.783. The lowest BCUT2D eigenvalue weighted by molar-refractivity contribution is 0.0478. The summed E-state index contributed by atoms with van der Waals surface area (Å²) < 4.78 is 16.7. The maximum absolute atomic E-state index is 11.8. The molecule has 0 atom stereocenters. The van der Waals surface area contributed by atoms with E-state index in [2.05, 4.69) is 0 Å². The lowest BCUT2D eigenvalue weighted by Crippen LogP contribution is -2.16. The van der Waals surface area contributed by atoms with E-state index in [9.17, 15) is 4.79 Å². The zero-order valence-electron chi connectivity index (χ0n) is 10.7. The molecule has 0 N–H and O–H groups in total. The van der Waals surface area contributed by atoms with Crippen LogP contribution in [0.3, 0.4) is 0 Å². The van der Waals surface area contributed by atoms with Gasteiger partial charge >= 0.3 is 5.97 Å². The normalized spacial score (nSPS) is 13.0. The third kappa shape index (κ3) is 3.26. The molecular formula is C14H10Cl2O4S. The first-order valence-electron chi connectivity index (χ1n) is 6.14.